The van der Waals surface area contributed by atoms with E-state index in [0.29, 0.717) is 4.68 Å². The molecule has 1 aliphatic rings. The molecule has 45 heavy (non-hydrogen) atoms. The van der Waals surface area contributed by atoms with Crippen LogP contribution < -0.4 is 10.2 Å². The third kappa shape index (κ3) is 6.27. The third-order valence-corrected chi connectivity index (χ3v) is 8.14. The number of rotatable bonds is 6. The van der Waals surface area contributed by atoms with Crippen LogP contribution in [0.4, 0.5) is 36.4 Å². The van der Waals surface area contributed by atoms with E-state index in [1.807, 2.05) is 0 Å². The van der Waals surface area contributed by atoms with Crippen molar-refractivity contribution in [1.82, 2.24) is 15.1 Å². The molecule has 5 rings (SSSR count). The normalized spacial score (nSPS) is 14.0. The van der Waals surface area contributed by atoms with Gasteiger partial charge in [0.2, 0.25) is 0 Å². The van der Waals surface area contributed by atoms with Gasteiger partial charge < -0.3 is 10.2 Å². The Morgan fingerprint density at radius 2 is 1.69 bits per heavy atom. The molecular weight excluding hydrogens is 633 g/mol. The predicted molar refractivity (Wildman–Crippen MR) is 147 cm³/mol. The zero-order valence-electron chi connectivity index (χ0n) is 23.0. The number of hydrogen-bond donors (Lipinski definition) is 1. The Bertz CT molecular complexity index is 1940. The molecule has 1 aromatic heterocycles. The quantitative estimate of drug-likeness (QED) is 0.278. The minimum Gasteiger partial charge on any atom is -0.344 e. The largest absolute Gasteiger partial charge is 0.471 e. The number of amides is 2. The lowest BCUT2D eigenvalue weighted by molar-refractivity contribution is -0.173. The summed E-state index contributed by atoms with van der Waals surface area (Å²) in [5.41, 5.74) is -2.28. The van der Waals surface area contributed by atoms with Crippen molar-refractivity contribution in [3.63, 3.8) is 0 Å². The maximum absolute atomic E-state index is 15.5. The van der Waals surface area contributed by atoms with Crippen LogP contribution in [0.25, 0.3) is 16.8 Å². The molecule has 2 heterocycles. The van der Waals surface area contributed by atoms with Gasteiger partial charge in [-0.25, -0.2) is 17.5 Å². The number of nitrogens with zero attached hydrogens (tertiary/aromatic N) is 3. The van der Waals surface area contributed by atoms with Crippen molar-refractivity contribution >= 4 is 27.3 Å². The molecule has 8 nitrogen and oxygen atoms in total. The highest BCUT2D eigenvalue weighted by molar-refractivity contribution is 7.90. The summed E-state index contributed by atoms with van der Waals surface area (Å²) in [6, 6.07) is 14.5. The first-order valence-electron chi connectivity index (χ1n) is 13.0. The highest BCUT2D eigenvalue weighted by Crippen LogP contribution is 2.38. The molecule has 0 saturated carbocycles. The monoisotopic (exact) mass is 654 g/mol. The Kier molecular flexibility index (Phi) is 7.97. The van der Waals surface area contributed by atoms with E-state index in [2.05, 4.69) is 5.10 Å². The fourth-order valence-corrected chi connectivity index (χ4v) is 5.92. The van der Waals surface area contributed by atoms with Gasteiger partial charge in [0.15, 0.2) is 15.5 Å². The molecule has 2 amide bonds. The van der Waals surface area contributed by atoms with Crippen LogP contribution in [0.2, 0.25) is 0 Å². The second-order valence-corrected chi connectivity index (χ2v) is 12.1. The molecule has 3 aromatic carbocycles. The van der Waals surface area contributed by atoms with Crippen LogP contribution in [-0.4, -0.2) is 49.0 Å². The van der Waals surface area contributed by atoms with Crippen LogP contribution >= 0.6 is 0 Å². The second-order valence-electron chi connectivity index (χ2n) is 10.1. The summed E-state index contributed by atoms with van der Waals surface area (Å²) in [6.45, 7) is -0.970. The first-order valence-corrected chi connectivity index (χ1v) is 14.9. The number of benzene rings is 3. The van der Waals surface area contributed by atoms with Gasteiger partial charge in [-0.2, -0.15) is 31.4 Å². The van der Waals surface area contributed by atoms with E-state index in [4.69, 9.17) is 0 Å². The number of sulfone groups is 1. The molecule has 4 aromatic rings. The van der Waals surface area contributed by atoms with Crippen molar-refractivity contribution in [1.29, 1.82) is 0 Å². The van der Waals surface area contributed by atoms with E-state index < -0.39 is 63.3 Å². The minimum atomic E-state index is -5.15. The second kappa shape index (κ2) is 11.3. The van der Waals surface area contributed by atoms with Gasteiger partial charge in [-0.15, -0.1) is 0 Å². The smallest absolute Gasteiger partial charge is 0.344 e. The van der Waals surface area contributed by atoms with Gasteiger partial charge in [-0.05, 0) is 47.9 Å². The number of nitrogens with one attached hydrogen (secondary N) is 1. The lowest BCUT2D eigenvalue weighted by Crippen LogP contribution is -2.39. The molecule has 0 aliphatic carbocycles. The summed E-state index contributed by atoms with van der Waals surface area (Å²) in [5.74, 6) is -4.20. The number of hydrogen-bond acceptors (Lipinski definition) is 5. The number of aromatic nitrogens is 2. The van der Waals surface area contributed by atoms with E-state index in [9.17, 15) is 44.3 Å². The van der Waals surface area contributed by atoms with Gasteiger partial charge in [0.1, 0.15) is 11.5 Å². The lowest BCUT2D eigenvalue weighted by atomic mass is 10.0. The molecule has 1 aliphatic heterocycles. The van der Waals surface area contributed by atoms with E-state index in [1.54, 1.807) is 11.4 Å². The van der Waals surface area contributed by atoms with Crippen molar-refractivity contribution < 1.29 is 48.7 Å². The summed E-state index contributed by atoms with van der Waals surface area (Å²) < 4.78 is 120. The van der Waals surface area contributed by atoms with Gasteiger partial charge in [-0.1, -0.05) is 36.4 Å². The van der Waals surface area contributed by atoms with Crippen molar-refractivity contribution in [2.45, 2.75) is 30.2 Å². The fourth-order valence-electron chi connectivity index (χ4n) is 5.01. The molecule has 0 unspecified atom stereocenters. The Hall–Kier alpha value is -4.73. The van der Waals surface area contributed by atoms with E-state index in [1.165, 1.54) is 48.5 Å². The first-order chi connectivity index (χ1) is 21.0. The predicted octanol–water partition coefficient (Wildman–Crippen LogP) is 5.48. The molecule has 1 N–H and O–H groups in total. The van der Waals surface area contributed by atoms with Gasteiger partial charge in [-0.3, -0.25) is 9.59 Å². The summed E-state index contributed by atoms with van der Waals surface area (Å²) in [5, 5.41) is 5.28. The number of carbonyl (C=O) groups excluding carboxylic acids is 2. The summed E-state index contributed by atoms with van der Waals surface area (Å²) in [4.78, 5) is 25.8. The van der Waals surface area contributed by atoms with Crippen LogP contribution in [0.1, 0.15) is 27.3 Å². The summed E-state index contributed by atoms with van der Waals surface area (Å²) >= 11 is 0. The Morgan fingerprint density at radius 1 is 0.978 bits per heavy atom. The number of fused-ring (bicyclic) bond motifs is 1. The zero-order valence-corrected chi connectivity index (χ0v) is 23.8. The molecule has 0 spiro atoms. The maximum Gasteiger partial charge on any atom is 0.471 e. The van der Waals surface area contributed by atoms with Crippen LogP contribution in [0.3, 0.4) is 0 Å². The SMILES string of the molecule is CS(=O)(=O)c1ccccc1-c1ccc(N2CCc3c(C(F)(F)F)nn(-c4cccc(CNC(=O)C(F)(F)F)c4)c3C2=O)c(F)c1. The van der Waals surface area contributed by atoms with E-state index in [0.717, 1.165) is 23.3 Å². The molecule has 236 valence electrons. The van der Waals surface area contributed by atoms with E-state index in [-0.39, 0.29) is 45.9 Å². The van der Waals surface area contributed by atoms with Crippen LogP contribution in [0.5, 0.6) is 0 Å². The van der Waals surface area contributed by atoms with Crippen LogP contribution in [-0.2, 0) is 33.8 Å². The Morgan fingerprint density at radius 3 is 2.33 bits per heavy atom. The molecule has 0 radical (unpaired) electrons. The van der Waals surface area contributed by atoms with Crippen molar-refractivity contribution in [2.24, 2.45) is 0 Å². The molecule has 0 bridgehead atoms. The van der Waals surface area contributed by atoms with Gasteiger partial charge in [0.25, 0.3) is 5.91 Å². The summed E-state index contributed by atoms with van der Waals surface area (Å²) in [6.07, 6.45) is -9.50. The molecule has 0 saturated heterocycles. The Labute approximate surface area is 251 Å². The lowest BCUT2D eigenvalue weighted by Gasteiger charge is -2.28. The van der Waals surface area contributed by atoms with Gasteiger partial charge in [0.05, 0.1) is 16.3 Å². The van der Waals surface area contributed by atoms with Crippen LogP contribution in [0.15, 0.2) is 71.6 Å². The topological polar surface area (TPSA) is 101 Å². The average molecular weight is 655 g/mol. The fraction of sp³-hybridized carbons (Fsp3) is 0.207. The number of anilines is 1. The highest BCUT2D eigenvalue weighted by atomic mass is 32.2. The van der Waals surface area contributed by atoms with Crippen molar-refractivity contribution in [3.8, 4) is 16.8 Å². The van der Waals surface area contributed by atoms with Crippen molar-refractivity contribution in [3.05, 3.63) is 95.1 Å². The minimum absolute atomic E-state index is 0.0559. The number of alkyl halides is 6. The number of halogens is 7. The first kappa shape index (κ1) is 31.7. The molecule has 16 heteroatoms. The standard InChI is InChI=1S/C29H21F7N4O4S/c1-45(43,44)23-8-3-2-7-19(23)17-9-10-22(21(30)14-17)39-12-11-20-24(26(39)41)40(38-25(20)28(31,32)33)18-6-4-5-16(13-18)15-37-27(42)29(34,35)36/h2-10,13-14H,11-12,15H2,1H3,(H,37,42). The van der Waals surface area contributed by atoms with Crippen molar-refractivity contribution in [2.75, 3.05) is 17.7 Å². The van der Waals surface area contributed by atoms with Crippen LogP contribution in [0, 0.1) is 5.82 Å². The Balaban J connectivity index is 1.53. The van der Waals surface area contributed by atoms with Gasteiger partial charge in [0, 0.05) is 30.5 Å². The zero-order chi connectivity index (χ0) is 32.9. The molecule has 0 atom stereocenters. The molecule has 0 fully saturated rings. The highest BCUT2D eigenvalue weighted by Gasteiger charge is 2.44. The molecular formula is C29H21F7N4O4S. The average Bonchev–Trinajstić information content (AvgIpc) is 3.37. The van der Waals surface area contributed by atoms with E-state index >= 15 is 4.39 Å². The number of carbonyl (C=O) groups is 2. The summed E-state index contributed by atoms with van der Waals surface area (Å²) in [7, 11) is -3.69. The van der Waals surface area contributed by atoms with Gasteiger partial charge >= 0.3 is 18.3 Å². The third-order valence-electron chi connectivity index (χ3n) is 6.99. The maximum atomic E-state index is 15.5.